The van der Waals surface area contributed by atoms with Gasteiger partial charge in [-0.15, -0.1) is 0 Å². The van der Waals surface area contributed by atoms with Gasteiger partial charge in [0.05, 0.1) is 4.90 Å². The minimum Gasteiger partial charge on any atom is -0.338 e. The number of hydrogen-bond donors (Lipinski definition) is 1. The number of nitrogens with two attached hydrogens (primary N) is 1. The van der Waals surface area contributed by atoms with E-state index in [0.717, 1.165) is 24.9 Å². The van der Waals surface area contributed by atoms with Gasteiger partial charge in [-0.05, 0) is 48.8 Å². The molecule has 3 rings (SSSR count). The topological polar surface area (TPSA) is 80.5 Å². The summed E-state index contributed by atoms with van der Waals surface area (Å²) in [7, 11) is -3.34. The molecule has 0 bridgehead atoms. The summed E-state index contributed by atoms with van der Waals surface area (Å²) in [6, 6.07) is 5.22. The minimum absolute atomic E-state index is 0.0841. The third-order valence-corrected chi connectivity index (χ3v) is 6.47. The first kappa shape index (κ1) is 16.5. The van der Waals surface area contributed by atoms with E-state index >= 15 is 0 Å². The first-order chi connectivity index (χ1) is 10.8. The lowest BCUT2D eigenvalue weighted by Gasteiger charge is -2.19. The highest BCUT2D eigenvalue weighted by Crippen LogP contribution is 2.37. The minimum atomic E-state index is -3.34. The Morgan fingerprint density at radius 2 is 2.04 bits per heavy atom. The fourth-order valence-electron chi connectivity index (χ4n) is 3.98. The lowest BCUT2D eigenvalue weighted by molar-refractivity contribution is 0.0779. The summed E-state index contributed by atoms with van der Waals surface area (Å²) in [5.41, 5.74) is 7.33. The second kappa shape index (κ2) is 5.91. The molecule has 126 valence electrons. The number of rotatable bonds is 3. The zero-order valence-electron chi connectivity index (χ0n) is 13.7. The molecule has 1 heterocycles. The molecule has 1 aromatic carbocycles. The van der Waals surface area contributed by atoms with Gasteiger partial charge in [0.15, 0.2) is 9.84 Å². The van der Waals surface area contributed by atoms with Crippen molar-refractivity contribution in [1.82, 2.24) is 4.90 Å². The Morgan fingerprint density at radius 3 is 2.65 bits per heavy atom. The van der Waals surface area contributed by atoms with E-state index in [9.17, 15) is 13.2 Å². The van der Waals surface area contributed by atoms with Crippen molar-refractivity contribution >= 4 is 15.7 Å². The van der Waals surface area contributed by atoms with Gasteiger partial charge in [-0.2, -0.15) is 0 Å². The maximum Gasteiger partial charge on any atom is 0.253 e. The van der Waals surface area contributed by atoms with Crippen molar-refractivity contribution in [2.24, 2.45) is 17.6 Å². The molecule has 0 aromatic heterocycles. The maximum absolute atomic E-state index is 12.8. The summed E-state index contributed by atoms with van der Waals surface area (Å²) in [5.74, 6) is 0.806. The third-order valence-electron chi connectivity index (χ3n) is 5.29. The number of hydrogen-bond acceptors (Lipinski definition) is 4. The van der Waals surface area contributed by atoms with Gasteiger partial charge in [0.1, 0.15) is 0 Å². The fraction of sp³-hybridized carbons (Fsp3) is 0.588. The van der Waals surface area contributed by atoms with Crippen LogP contribution in [0.3, 0.4) is 0 Å². The Kier molecular flexibility index (Phi) is 4.23. The van der Waals surface area contributed by atoms with Crippen molar-refractivity contribution in [3.63, 3.8) is 0 Å². The van der Waals surface area contributed by atoms with Crippen molar-refractivity contribution < 1.29 is 13.2 Å². The third kappa shape index (κ3) is 3.02. The molecule has 2 aliphatic rings. The second-order valence-electron chi connectivity index (χ2n) is 6.82. The molecule has 5 nitrogen and oxygen atoms in total. The van der Waals surface area contributed by atoms with Gasteiger partial charge in [-0.3, -0.25) is 4.79 Å². The van der Waals surface area contributed by atoms with Gasteiger partial charge in [0.2, 0.25) is 0 Å². The highest BCUT2D eigenvalue weighted by Gasteiger charge is 2.42. The van der Waals surface area contributed by atoms with Crippen LogP contribution in [0.15, 0.2) is 23.1 Å². The van der Waals surface area contributed by atoms with Crippen LogP contribution in [0.5, 0.6) is 0 Å². The smallest absolute Gasteiger partial charge is 0.253 e. The van der Waals surface area contributed by atoms with E-state index in [4.69, 9.17) is 5.73 Å². The van der Waals surface area contributed by atoms with Gasteiger partial charge in [-0.25, -0.2) is 8.42 Å². The van der Waals surface area contributed by atoms with Gasteiger partial charge < -0.3 is 10.6 Å². The number of likely N-dealkylation sites (tertiary alicyclic amines) is 1. The average molecular weight is 336 g/mol. The van der Waals surface area contributed by atoms with E-state index < -0.39 is 9.84 Å². The molecule has 1 aliphatic carbocycles. The van der Waals surface area contributed by atoms with Crippen molar-refractivity contribution in [1.29, 1.82) is 0 Å². The quantitative estimate of drug-likeness (QED) is 0.906. The van der Waals surface area contributed by atoms with E-state index in [0.29, 0.717) is 30.4 Å². The number of fused-ring (bicyclic) bond motifs is 1. The molecule has 1 aromatic rings. The maximum atomic E-state index is 12.8. The Balaban J connectivity index is 1.86. The first-order valence-corrected chi connectivity index (χ1v) is 10.1. The second-order valence-corrected chi connectivity index (χ2v) is 8.81. The highest BCUT2D eigenvalue weighted by atomic mass is 32.2. The Morgan fingerprint density at radius 1 is 1.30 bits per heavy atom. The van der Waals surface area contributed by atoms with E-state index in [2.05, 4.69) is 0 Å². The van der Waals surface area contributed by atoms with E-state index in [1.807, 2.05) is 11.8 Å². The van der Waals surface area contributed by atoms with Crippen molar-refractivity contribution in [3.05, 3.63) is 29.3 Å². The van der Waals surface area contributed by atoms with E-state index in [1.54, 1.807) is 12.1 Å². The van der Waals surface area contributed by atoms with E-state index in [1.165, 1.54) is 12.3 Å². The fourth-order valence-corrected chi connectivity index (χ4v) is 5.01. The number of carbonyl (C=O) groups is 1. The van der Waals surface area contributed by atoms with Crippen molar-refractivity contribution in [2.45, 2.75) is 37.1 Å². The van der Waals surface area contributed by atoms with Gasteiger partial charge >= 0.3 is 0 Å². The normalized spacial score (nSPS) is 27.3. The van der Waals surface area contributed by atoms with E-state index in [-0.39, 0.29) is 16.8 Å². The molecule has 2 N–H and O–H groups in total. The zero-order chi connectivity index (χ0) is 16.8. The van der Waals surface area contributed by atoms with Crippen molar-refractivity contribution in [3.8, 4) is 0 Å². The van der Waals surface area contributed by atoms with Crippen LogP contribution in [0.4, 0.5) is 0 Å². The Bertz CT molecular complexity index is 729. The highest BCUT2D eigenvalue weighted by molar-refractivity contribution is 7.90. The van der Waals surface area contributed by atoms with Crippen LogP contribution in [0, 0.1) is 11.8 Å². The predicted octanol–water partition coefficient (Wildman–Crippen LogP) is 1.46. The number of nitrogens with zero attached hydrogens (tertiary/aromatic N) is 1. The lowest BCUT2D eigenvalue weighted by Crippen LogP contribution is -2.33. The van der Waals surface area contributed by atoms with Crippen LogP contribution in [-0.4, -0.2) is 44.6 Å². The predicted molar refractivity (Wildman–Crippen MR) is 89.0 cm³/mol. The summed E-state index contributed by atoms with van der Waals surface area (Å²) in [4.78, 5) is 14.9. The molecule has 6 heteroatoms. The molecular weight excluding hydrogens is 312 g/mol. The van der Waals surface area contributed by atoms with Gasteiger partial charge in [0, 0.05) is 31.0 Å². The molecule has 1 aliphatic heterocycles. The molecule has 1 saturated carbocycles. The van der Waals surface area contributed by atoms with Gasteiger partial charge in [0.25, 0.3) is 5.91 Å². The number of carbonyl (C=O) groups excluding carboxylic acids is 1. The molecule has 1 amide bonds. The summed E-state index contributed by atoms with van der Waals surface area (Å²) in [6.07, 6.45) is 3.94. The van der Waals surface area contributed by atoms with Crippen LogP contribution in [-0.2, 0) is 16.3 Å². The summed E-state index contributed by atoms with van der Waals surface area (Å²) < 4.78 is 23.9. The molecule has 1 saturated heterocycles. The average Bonchev–Trinajstić information content (AvgIpc) is 3.07. The summed E-state index contributed by atoms with van der Waals surface area (Å²) in [5, 5.41) is 0. The van der Waals surface area contributed by atoms with Crippen LogP contribution >= 0.6 is 0 Å². The Labute approximate surface area is 137 Å². The largest absolute Gasteiger partial charge is 0.338 e. The van der Waals surface area contributed by atoms with Crippen LogP contribution in [0.25, 0.3) is 0 Å². The number of aryl methyl sites for hydroxylation is 1. The number of amides is 1. The molecule has 23 heavy (non-hydrogen) atoms. The standard InChI is InChI=1S/C17H24N2O3S/c1-3-11-4-5-12(8-16(11)23(2,21)22)17(20)19-9-13-6-7-15(18)14(13)10-19/h4-5,8,13-15H,3,6-7,9-10,18H2,1-2H3. The SMILES string of the molecule is CCc1ccc(C(=O)N2CC3CCC(N)C3C2)cc1S(C)(=O)=O. The molecule has 0 spiro atoms. The summed E-state index contributed by atoms with van der Waals surface area (Å²) in [6.45, 7) is 3.34. The summed E-state index contributed by atoms with van der Waals surface area (Å²) >= 11 is 0. The first-order valence-electron chi connectivity index (χ1n) is 8.19. The van der Waals surface area contributed by atoms with Gasteiger partial charge in [-0.1, -0.05) is 13.0 Å². The van der Waals surface area contributed by atoms with Crippen LogP contribution < -0.4 is 5.73 Å². The number of benzene rings is 1. The lowest BCUT2D eigenvalue weighted by atomic mass is 9.98. The number of sulfone groups is 1. The van der Waals surface area contributed by atoms with Crippen LogP contribution in [0.1, 0.15) is 35.7 Å². The molecule has 2 fully saturated rings. The molecule has 0 radical (unpaired) electrons. The van der Waals surface area contributed by atoms with Crippen LogP contribution in [0.2, 0.25) is 0 Å². The zero-order valence-corrected chi connectivity index (χ0v) is 14.5. The molecular formula is C17H24N2O3S. The van der Waals surface area contributed by atoms with Crippen molar-refractivity contribution in [2.75, 3.05) is 19.3 Å². The molecule has 3 unspecified atom stereocenters. The molecule has 3 atom stereocenters. The monoisotopic (exact) mass is 336 g/mol. The Hall–Kier alpha value is -1.40.